The molecule has 4 aromatic rings. The Kier molecular flexibility index (Phi) is 5.76. The van der Waals surface area contributed by atoms with Gasteiger partial charge in [0.25, 0.3) is 5.56 Å². The normalized spacial score (nSPS) is 11.9. The summed E-state index contributed by atoms with van der Waals surface area (Å²) in [6.07, 6.45) is -1.50. The van der Waals surface area contributed by atoms with Gasteiger partial charge in [-0.1, -0.05) is 41.9 Å². The first kappa shape index (κ1) is 21.6. The molecule has 0 saturated heterocycles. The largest absolute Gasteiger partial charge is 0.495 e. The first-order valence-electron chi connectivity index (χ1n) is 9.49. The summed E-state index contributed by atoms with van der Waals surface area (Å²) in [6, 6.07) is 16.5. The lowest BCUT2D eigenvalue weighted by molar-refractivity contribution is -0.137. The van der Waals surface area contributed by atoms with E-state index in [0.717, 1.165) is 12.1 Å². The van der Waals surface area contributed by atoms with Crippen LogP contribution in [0.2, 0.25) is 5.02 Å². The number of fused-ring (bicyclic) bond motifs is 1. The average Bonchev–Trinajstić information content (AvgIpc) is 2.77. The first-order chi connectivity index (χ1) is 15.3. The maximum absolute atomic E-state index is 13.4. The SMILES string of the molecule is COc1ccc(Cl)cc1-n1c(/C=C\c2cccc(C(F)(F)F)c2)nc2ccccc2c1=O. The fourth-order valence-corrected chi connectivity index (χ4v) is 3.49. The summed E-state index contributed by atoms with van der Waals surface area (Å²) in [4.78, 5) is 17.9. The Morgan fingerprint density at radius 1 is 1.00 bits per heavy atom. The van der Waals surface area contributed by atoms with Crippen molar-refractivity contribution in [2.75, 3.05) is 7.11 Å². The van der Waals surface area contributed by atoms with E-state index in [1.807, 2.05) is 0 Å². The van der Waals surface area contributed by atoms with Gasteiger partial charge in [-0.2, -0.15) is 13.2 Å². The highest BCUT2D eigenvalue weighted by molar-refractivity contribution is 6.30. The van der Waals surface area contributed by atoms with E-state index in [2.05, 4.69) is 4.98 Å². The van der Waals surface area contributed by atoms with Gasteiger partial charge in [0.2, 0.25) is 0 Å². The standard InChI is InChI=1S/C24H16ClF3N2O2/c1-32-21-11-10-17(25)14-20(21)30-22(29-19-8-3-2-7-18(19)23(30)31)12-9-15-5-4-6-16(13-15)24(26,27)28/h2-14H,1H3/b12-9-. The molecule has 3 aromatic carbocycles. The van der Waals surface area contributed by atoms with Crippen LogP contribution in [0.15, 0.2) is 71.5 Å². The van der Waals surface area contributed by atoms with E-state index in [-0.39, 0.29) is 11.4 Å². The molecule has 0 N–H and O–H groups in total. The predicted molar refractivity (Wildman–Crippen MR) is 119 cm³/mol. The predicted octanol–water partition coefficient (Wildman–Crippen LogP) is 6.24. The number of aromatic nitrogens is 2. The molecule has 0 unspecified atom stereocenters. The number of hydrogen-bond donors (Lipinski definition) is 0. The minimum atomic E-state index is -4.46. The molecular formula is C24H16ClF3N2O2. The number of para-hydroxylation sites is 1. The lowest BCUT2D eigenvalue weighted by Gasteiger charge is -2.15. The van der Waals surface area contributed by atoms with E-state index >= 15 is 0 Å². The molecule has 4 rings (SSSR count). The molecule has 0 aliphatic carbocycles. The van der Waals surface area contributed by atoms with Crippen molar-refractivity contribution in [3.8, 4) is 11.4 Å². The number of nitrogens with zero attached hydrogens (tertiary/aromatic N) is 2. The van der Waals surface area contributed by atoms with E-state index < -0.39 is 11.7 Å². The van der Waals surface area contributed by atoms with Crippen LogP contribution in [0.4, 0.5) is 13.2 Å². The zero-order chi connectivity index (χ0) is 22.9. The third-order valence-electron chi connectivity index (χ3n) is 4.82. The van der Waals surface area contributed by atoms with E-state index in [1.165, 1.54) is 36.0 Å². The van der Waals surface area contributed by atoms with E-state index in [4.69, 9.17) is 16.3 Å². The highest BCUT2D eigenvalue weighted by Crippen LogP contribution is 2.30. The van der Waals surface area contributed by atoms with Crippen molar-refractivity contribution in [2.45, 2.75) is 6.18 Å². The lowest BCUT2D eigenvalue weighted by Crippen LogP contribution is -2.22. The van der Waals surface area contributed by atoms with Gasteiger partial charge >= 0.3 is 6.18 Å². The van der Waals surface area contributed by atoms with Gasteiger partial charge in [-0.15, -0.1) is 0 Å². The van der Waals surface area contributed by atoms with Crippen molar-refractivity contribution in [1.82, 2.24) is 9.55 Å². The Bertz CT molecular complexity index is 1390. The summed E-state index contributed by atoms with van der Waals surface area (Å²) in [5.74, 6) is 0.606. The minimum Gasteiger partial charge on any atom is -0.495 e. The monoisotopic (exact) mass is 456 g/mol. The van der Waals surface area contributed by atoms with Crippen LogP contribution < -0.4 is 10.3 Å². The Balaban J connectivity index is 1.94. The zero-order valence-electron chi connectivity index (χ0n) is 16.7. The van der Waals surface area contributed by atoms with Crippen LogP contribution >= 0.6 is 11.6 Å². The van der Waals surface area contributed by atoms with Crippen molar-refractivity contribution in [3.05, 3.63) is 99.1 Å². The second-order valence-corrected chi connectivity index (χ2v) is 7.34. The topological polar surface area (TPSA) is 44.1 Å². The Morgan fingerprint density at radius 3 is 2.53 bits per heavy atom. The zero-order valence-corrected chi connectivity index (χ0v) is 17.5. The average molecular weight is 457 g/mol. The van der Waals surface area contributed by atoms with Gasteiger partial charge in [0.05, 0.1) is 29.3 Å². The second kappa shape index (κ2) is 8.51. The first-order valence-corrected chi connectivity index (χ1v) is 9.87. The highest BCUT2D eigenvalue weighted by atomic mass is 35.5. The molecule has 1 aromatic heterocycles. The van der Waals surface area contributed by atoms with Gasteiger partial charge in [-0.05, 0) is 54.1 Å². The van der Waals surface area contributed by atoms with Crippen molar-refractivity contribution >= 4 is 34.7 Å². The molecule has 0 atom stereocenters. The highest BCUT2D eigenvalue weighted by Gasteiger charge is 2.30. The van der Waals surface area contributed by atoms with Crippen molar-refractivity contribution in [3.63, 3.8) is 0 Å². The Morgan fingerprint density at radius 2 is 1.78 bits per heavy atom. The molecule has 0 aliphatic rings. The van der Waals surface area contributed by atoms with Gasteiger partial charge in [-0.3, -0.25) is 9.36 Å². The number of halogens is 4. The molecule has 8 heteroatoms. The van der Waals surface area contributed by atoms with Crippen molar-refractivity contribution < 1.29 is 17.9 Å². The molecule has 162 valence electrons. The van der Waals surface area contributed by atoms with Gasteiger partial charge in [0.1, 0.15) is 11.6 Å². The molecule has 0 aliphatic heterocycles. The number of benzene rings is 3. The number of hydrogen-bond acceptors (Lipinski definition) is 3. The van der Waals surface area contributed by atoms with E-state index in [0.29, 0.717) is 32.9 Å². The van der Waals surface area contributed by atoms with Crippen LogP contribution in [0.1, 0.15) is 17.0 Å². The number of alkyl halides is 3. The Labute approximate surface area is 186 Å². The smallest absolute Gasteiger partial charge is 0.416 e. The summed E-state index contributed by atoms with van der Waals surface area (Å²) >= 11 is 6.16. The number of rotatable bonds is 4. The quantitative estimate of drug-likeness (QED) is 0.365. The molecule has 0 radical (unpaired) electrons. The van der Waals surface area contributed by atoms with Crippen LogP contribution in [0.3, 0.4) is 0 Å². The van der Waals surface area contributed by atoms with Crippen LogP contribution in [0, 0.1) is 0 Å². The summed E-state index contributed by atoms with van der Waals surface area (Å²) < 4.78 is 45.9. The second-order valence-electron chi connectivity index (χ2n) is 6.90. The van der Waals surface area contributed by atoms with Gasteiger partial charge in [0, 0.05) is 5.02 Å². The van der Waals surface area contributed by atoms with Crippen molar-refractivity contribution in [1.29, 1.82) is 0 Å². The molecule has 0 saturated carbocycles. The molecule has 32 heavy (non-hydrogen) atoms. The molecule has 0 spiro atoms. The molecule has 0 bridgehead atoms. The van der Waals surface area contributed by atoms with E-state index in [1.54, 1.807) is 42.5 Å². The third kappa shape index (κ3) is 4.24. The fraction of sp³-hybridized carbons (Fsp3) is 0.0833. The molecule has 1 heterocycles. The van der Waals surface area contributed by atoms with Crippen LogP contribution in [-0.2, 0) is 6.18 Å². The van der Waals surface area contributed by atoms with Crippen molar-refractivity contribution in [2.24, 2.45) is 0 Å². The summed E-state index contributed by atoms with van der Waals surface area (Å²) in [7, 11) is 1.46. The molecule has 0 amide bonds. The lowest BCUT2D eigenvalue weighted by atomic mass is 10.1. The van der Waals surface area contributed by atoms with Crippen LogP contribution in [-0.4, -0.2) is 16.7 Å². The third-order valence-corrected chi connectivity index (χ3v) is 5.06. The fourth-order valence-electron chi connectivity index (χ4n) is 3.32. The summed E-state index contributed by atoms with van der Waals surface area (Å²) in [5, 5.41) is 0.763. The van der Waals surface area contributed by atoms with Gasteiger partial charge in [-0.25, -0.2) is 4.98 Å². The summed E-state index contributed by atoms with van der Waals surface area (Å²) in [5.41, 5.74) is 0.0112. The van der Waals surface area contributed by atoms with E-state index in [9.17, 15) is 18.0 Å². The number of methoxy groups -OCH3 is 1. The van der Waals surface area contributed by atoms with Gasteiger partial charge < -0.3 is 4.74 Å². The minimum absolute atomic E-state index is 0.215. The maximum atomic E-state index is 13.4. The van der Waals surface area contributed by atoms with Crippen LogP contribution in [0.5, 0.6) is 5.75 Å². The molecule has 0 fully saturated rings. The molecule has 4 nitrogen and oxygen atoms in total. The Hall–Kier alpha value is -3.58. The van der Waals surface area contributed by atoms with Crippen LogP contribution in [0.25, 0.3) is 28.7 Å². The number of ether oxygens (including phenoxy) is 1. The maximum Gasteiger partial charge on any atom is 0.416 e. The summed E-state index contributed by atoms with van der Waals surface area (Å²) in [6.45, 7) is 0. The van der Waals surface area contributed by atoms with Gasteiger partial charge in [0.15, 0.2) is 0 Å². The molecular weight excluding hydrogens is 441 g/mol.